The van der Waals surface area contributed by atoms with E-state index in [2.05, 4.69) is 15.8 Å². The molecule has 0 heterocycles. The summed E-state index contributed by atoms with van der Waals surface area (Å²) < 4.78 is 18.8. The highest BCUT2D eigenvalue weighted by Crippen LogP contribution is 2.17. The first-order chi connectivity index (χ1) is 13.2. The lowest BCUT2D eigenvalue weighted by Crippen LogP contribution is -2.23. The van der Waals surface area contributed by atoms with Gasteiger partial charge in [0.05, 0.1) is 6.21 Å². The van der Waals surface area contributed by atoms with E-state index in [1.54, 1.807) is 18.3 Å². The lowest BCUT2D eigenvalue weighted by Gasteiger charge is -2.09. The number of hydrogen-bond donors (Lipinski definition) is 2. The number of ether oxygens (including phenoxy) is 1. The number of anilines is 1. The number of rotatable bonds is 6. The van der Waals surface area contributed by atoms with Crippen LogP contribution in [0.3, 0.4) is 0 Å². The number of benzene rings is 3. The summed E-state index contributed by atoms with van der Waals surface area (Å²) in [4.78, 5) is 0. The van der Waals surface area contributed by atoms with Crippen molar-refractivity contribution >= 4 is 29.2 Å². The number of nitrogens with zero attached hydrogens (tertiary/aromatic N) is 1. The Bertz CT molecular complexity index is 914. The van der Waals surface area contributed by atoms with Gasteiger partial charge in [-0.15, -0.1) is 0 Å². The van der Waals surface area contributed by atoms with Gasteiger partial charge in [-0.2, -0.15) is 5.10 Å². The molecule has 136 valence electrons. The van der Waals surface area contributed by atoms with Gasteiger partial charge in [-0.25, -0.2) is 4.39 Å². The third-order valence-corrected chi connectivity index (χ3v) is 3.82. The van der Waals surface area contributed by atoms with Crippen molar-refractivity contribution in [1.82, 2.24) is 5.43 Å². The van der Waals surface area contributed by atoms with E-state index in [1.807, 2.05) is 54.6 Å². The first-order valence-corrected chi connectivity index (χ1v) is 8.73. The Kier molecular flexibility index (Phi) is 6.49. The highest BCUT2D eigenvalue weighted by molar-refractivity contribution is 7.80. The van der Waals surface area contributed by atoms with E-state index in [-0.39, 0.29) is 5.82 Å². The van der Waals surface area contributed by atoms with Crippen molar-refractivity contribution < 1.29 is 9.13 Å². The zero-order valence-electron chi connectivity index (χ0n) is 14.4. The smallest absolute Gasteiger partial charge is 0.191 e. The maximum atomic E-state index is 13.0. The Morgan fingerprint density at radius 2 is 1.67 bits per heavy atom. The molecule has 0 amide bonds. The minimum atomic E-state index is -0.266. The van der Waals surface area contributed by atoms with Crippen LogP contribution in [0, 0.1) is 5.82 Å². The molecule has 3 rings (SSSR count). The van der Waals surface area contributed by atoms with Crippen molar-refractivity contribution in [2.24, 2.45) is 5.10 Å². The zero-order chi connectivity index (χ0) is 18.9. The molecule has 0 atom stereocenters. The summed E-state index contributed by atoms with van der Waals surface area (Å²) in [5.41, 5.74) is 5.35. The predicted octanol–water partition coefficient (Wildman–Crippen LogP) is 4.73. The summed E-state index contributed by atoms with van der Waals surface area (Å²) in [6.07, 6.45) is 1.64. The molecule has 0 fully saturated rings. The van der Waals surface area contributed by atoms with Gasteiger partial charge in [0.25, 0.3) is 0 Å². The average Bonchev–Trinajstić information content (AvgIpc) is 2.69. The molecule has 0 aliphatic rings. The van der Waals surface area contributed by atoms with Crippen LogP contribution < -0.4 is 15.5 Å². The van der Waals surface area contributed by atoms with E-state index < -0.39 is 0 Å². The Morgan fingerprint density at radius 1 is 0.963 bits per heavy atom. The molecule has 0 unspecified atom stereocenters. The number of hydrogen-bond acceptors (Lipinski definition) is 3. The summed E-state index contributed by atoms with van der Waals surface area (Å²) in [5, 5.41) is 7.59. The molecule has 0 aromatic heterocycles. The van der Waals surface area contributed by atoms with Gasteiger partial charge in [0.2, 0.25) is 0 Å². The van der Waals surface area contributed by atoms with E-state index in [0.717, 1.165) is 16.8 Å². The molecule has 0 spiro atoms. The number of hydrazone groups is 1. The second-order valence-electron chi connectivity index (χ2n) is 5.64. The molecule has 0 aliphatic carbocycles. The lowest BCUT2D eigenvalue weighted by molar-refractivity contribution is 0.305. The van der Waals surface area contributed by atoms with Crippen molar-refractivity contribution in [1.29, 1.82) is 0 Å². The van der Waals surface area contributed by atoms with Gasteiger partial charge >= 0.3 is 0 Å². The molecule has 0 saturated heterocycles. The first-order valence-electron chi connectivity index (χ1n) is 8.32. The molecule has 0 aliphatic heterocycles. The van der Waals surface area contributed by atoms with Crippen molar-refractivity contribution in [2.45, 2.75) is 6.61 Å². The zero-order valence-corrected chi connectivity index (χ0v) is 15.2. The van der Waals surface area contributed by atoms with Crippen LogP contribution in [0.1, 0.15) is 11.1 Å². The molecule has 0 saturated carbocycles. The van der Waals surface area contributed by atoms with E-state index in [4.69, 9.17) is 17.0 Å². The Balaban J connectivity index is 1.57. The molecule has 3 aromatic rings. The van der Waals surface area contributed by atoms with Gasteiger partial charge < -0.3 is 10.1 Å². The maximum Gasteiger partial charge on any atom is 0.191 e. The third kappa shape index (κ3) is 5.90. The van der Waals surface area contributed by atoms with E-state index in [9.17, 15) is 4.39 Å². The van der Waals surface area contributed by atoms with Crippen molar-refractivity contribution in [3.63, 3.8) is 0 Å². The summed E-state index contributed by atoms with van der Waals surface area (Å²) >= 11 is 5.21. The van der Waals surface area contributed by atoms with Crippen molar-refractivity contribution in [3.05, 3.63) is 95.8 Å². The van der Waals surface area contributed by atoms with Gasteiger partial charge in [-0.1, -0.05) is 42.5 Å². The number of para-hydroxylation sites is 2. The number of halogens is 1. The van der Waals surface area contributed by atoms with Crippen molar-refractivity contribution in [3.8, 4) is 5.75 Å². The van der Waals surface area contributed by atoms with Crippen LogP contribution >= 0.6 is 12.2 Å². The molecular weight excluding hydrogens is 361 g/mol. The summed E-state index contributed by atoms with van der Waals surface area (Å²) in [7, 11) is 0. The molecule has 6 heteroatoms. The fourth-order valence-electron chi connectivity index (χ4n) is 2.30. The van der Waals surface area contributed by atoms with Crippen LogP contribution in [-0.4, -0.2) is 11.3 Å². The van der Waals surface area contributed by atoms with Crippen LogP contribution in [-0.2, 0) is 6.61 Å². The minimum absolute atomic E-state index is 0.266. The first kappa shape index (κ1) is 18.5. The molecule has 27 heavy (non-hydrogen) atoms. The second-order valence-corrected chi connectivity index (χ2v) is 6.05. The van der Waals surface area contributed by atoms with Gasteiger partial charge in [0, 0.05) is 11.3 Å². The van der Waals surface area contributed by atoms with Crippen LogP contribution in [0.5, 0.6) is 5.75 Å². The minimum Gasteiger partial charge on any atom is -0.488 e. The van der Waals surface area contributed by atoms with Crippen LogP contribution in [0.4, 0.5) is 10.1 Å². The summed E-state index contributed by atoms with van der Waals surface area (Å²) in [6.45, 7) is 0.340. The lowest BCUT2D eigenvalue weighted by atomic mass is 10.2. The number of nitrogens with one attached hydrogen (secondary N) is 2. The Labute approximate surface area is 162 Å². The normalized spacial score (nSPS) is 10.6. The van der Waals surface area contributed by atoms with Crippen LogP contribution in [0.25, 0.3) is 0 Å². The van der Waals surface area contributed by atoms with E-state index >= 15 is 0 Å². The summed E-state index contributed by atoms with van der Waals surface area (Å²) in [5.74, 6) is 0.409. The molecular formula is C21H18FN3OS. The van der Waals surface area contributed by atoms with Gasteiger partial charge in [0.15, 0.2) is 5.11 Å². The van der Waals surface area contributed by atoms with E-state index in [1.165, 1.54) is 12.1 Å². The molecule has 0 bridgehead atoms. The molecule has 2 N–H and O–H groups in total. The fourth-order valence-corrected chi connectivity index (χ4v) is 2.47. The second kappa shape index (κ2) is 9.45. The average molecular weight is 379 g/mol. The number of thiocarbonyl (C=S) groups is 1. The quantitative estimate of drug-likeness (QED) is 0.369. The third-order valence-electron chi connectivity index (χ3n) is 3.63. The standard InChI is InChI=1S/C21H18FN3OS/c22-18-12-10-16(11-13-18)15-26-20-9-5-4-6-17(20)14-23-25-21(27)24-19-7-2-1-3-8-19/h1-14H,15H2,(H2,24,25,27)/b23-14-. The monoisotopic (exact) mass is 379 g/mol. The molecule has 0 radical (unpaired) electrons. The molecule has 4 nitrogen and oxygen atoms in total. The highest BCUT2D eigenvalue weighted by Gasteiger charge is 2.02. The summed E-state index contributed by atoms with van der Waals surface area (Å²) in [6, 6.07) is 23.3. The predicted molar refractivity (Wildman–Crippen MR) is 111 cm³/mol. The van der Waals surface area contributed by atoms with Gasteiger partial charge in [-0.3, -0.25) is 5.43 Å². The maximum absolute atomic E-state index is 13.0. The fraction of sp³-hybridized carbons (Fsp3) is 0.0476. The van der Waals surface area contributed by atoms with Crippen LogP contribution in [0.2, 0.25) is 0 Å². The van der Waals surface area contributed by atoms with Gasteiger partial charge in [0.1, 0.15) is 18.2 Å². The van der Waals surface area contributed by atoms with Gasteiger partial charge in [-0.05, 0) is 54.2 Å². The van der Waals surface area contributed by atoms with E-state index in [0.29, 0.717) is 17.5 Å². The van der Waals surface area contributed by atoms with Crippen LogP contribution in [0.15, 0.2) is 84.0 Å². The highest BCUT2D eigenvalue weighted by atomic mass is 32.1. The Hall–Kier alpha value is -3.25. The molecule has 3 aromatic carbocycles. The van der Waals surface area contributed by atoms with Crippen molar-refractivity contribution in [2.75, 3.05) is 5.32 Å². The topological polar surface area (TPSA) is 45.6 Å². The Morgan fingerprint density at radius 3 is 2.44 bits per heavy atom. The SMILES string of the molecule is Fc1ccc(COc2ccccc2/C=N\NC(=S)Nc2ccccc2)cc1. The largest absolute Gasteiger partial charge is 0.488 e.